The van der Waals surface area contributed by atoms with Gasteiger partial charge in [-0.2, -0.15) is 5.10 Å². The number of aromatic nitrogens is 4. The van der Waals surface area contributed by atoms with Crippen LogP contribution in [-0.2, 0) is 13.1 Å². The number of hydrogen-bond acceptors (Lipinski definition) is 3. The Kier molecular flexibility index (Phi) is 5.56. The average molecular weight is 289 g/mol. The molecule has 0 spiro atoms. The van der Waals surface area contributed by atoms with E-state index in [4.69, 9.17) is 0 Å². The molecule has 0 saturated carbocycles. The Morgan fingerprint density at radius 1 is 1.29 bits per heavy atom. The van der Waals surface area contributed by atoms with Crippen molar-refractivity contribution in [3.05, 3.63) is 35.7 Å². The molecule has 21 heavy (non-hydrogen) atoms. The molecule has 0 amide bonds. The highest BCUT2D eigenvalue weighted by Crippen LogP contribution is 2.21. The molecule has 2 aromatic heterocycles. The smallest absolute Gasteiger partial charge is 0.0945 e. The molecular weight excluding hydrogens is 262 g/mol. The maximum atomic E-state index is 4.59. The van der Waals surface area contributed by atoms with E-state index in [1.807, 2.05) is 18.7 Å². The third-order valence-corrected chi connectivity index (χ3v) is 4.02. The fourth-order valence-corrected chi connectivity index (χ4v) is 2.90. The molecule has 1 atom stereocenters. The first-order valence-electron chi connectivity index (χ1n) is 7.86. The van der Waals surface area contributed by atoms with Crippen LogP contribution >= 0.6 is 0 Å². The van der Waals surface area contributed by atoms with Crippen molar-refractivity contribution in [2.24, 2.45) is 0 Å². The van der Waals surface area contributed by atoms with E-state index in [2.05, 4.69) is 52.3 Å². The molecule has 0 fully saturated rings. The van der Waals surface area contributed by atoms with Gasteiger partial charge < -0.3 is 9.88 Å². The maximum Gasteiger partial charge on any atom is 0.0945 e. The van der Waals surface area contributed by atoms with E-state index in [1.165, 1.54) is 24.1 Å². The van der Waals surface area contributed by atoms with Gasteiger partial charge in [-0.3, -0.25) is 4.68 Å². The van der Waals surface area contributed by atoms with Crippen molar-refractivity contribution >= 4 is 0 Å². The summed E-state index contributed by atoms with van der Waals surface area (Å²) in [5.74, 6) is 0. The molecule has 5 heteroatoms. The molecule has 0 aliphatic carbocycles. The molecule has 1 unspecified atom stereocenters. The number of rotatable bonds is 8. The Hall–Kier alpha value is -1.62. The molecule has 116 valence electrons. The monoisotopic (exact) mass is 289 g/mol. The summed E-state index contributed by atoms with van der Waals surface area (Å²) >= 11 is 0. The zero-order chi connectivity index (χ0) is 15.2. The summed E-state index contributed by atoms with van der Waals surface area (Å²) in [5.41, 5.74) is 3.78. The minimum Gasteiger partial charge on any atom is -0.337 e. The summed E-state index contributed by atoms with van der Waals surface area (Å²) in [6, 6.07) is 0.360. The van der Waals surface area contributed by atoms with Crippen molar-refractivity contribution in [2.75, 3.05) is 6.54 Å². The van der Waals surface area contributed by atoms with E-state index in [0.29, 0.717) is 6.04 Å². The van der Waals surface area contributed by atoms with Gasteiger partial charge in [0.1, 0.15) is 0 Å². The van der Waals surface area contributed by atoms with Crippen LogP contribution in [0.2, 0.25) is 0 Å². The largest absolute Gasteiger partial charge is 0.337 e. The van der Waals surface area contributed by atoms with Crippen LogP contribution < -0.4 is 5.32 Å². The van der Waals surface area contributed by atoms with Gasteiger partial charge in [0.2, 0.25) is 0 Å². The summed E-state index contributed by atoms with van der Waals surface area (Å²) in [4.78, 5) is 4.06. The third-order valence-electron chi connectivity index (χ3n) is 4.02. The Morgan fingerprint density at radius 3 is 2.71 bits per heavy atom. The number of aryl methyl sites for hydroxylation is 3. The maximum absolute atomic E-state index is 4.59. The quantitative estimate of drug-likeness (QED) is 0.760. The van der Waals surface area contributed by atoms with E-state index in [0.717, 1.165) is 25.3 Å². The zero-order valence-corrected chi connectivity index (χ0v) is 13.6. The van der Waals surface area contributed by atoms with Crippen LogP contribution in [0.3, 0.4) is 0 Å². The van der Waals surface area contributed by atoms with Gasteiger partial charge in [-0.15, -0.1) is 0 Å². The lowest BCUT2D eigenvalue weighted by atomic mass is 10.1. The minimum atomic E-state index is 0.360. The summed E-state index contributed by atoms with van der Waals surface area (Å²) < 4.78 is 4.21. The highest BCUT2D eigenvalue weighted by molar-refractivity contribution is 5.27. The van der Waals surface area contributed by atoms with Gasteiger partial charge in [-0.1, -0.05) is 0 Å². The lowest BCUT2D eigenvalue weighted by Gasteiger charge is -2.15. The first-order valence-corrected chi connectivity index (χ1v) is 7.86. The van der Waals surface area contributed by atoms with Crippen LogP contribution in [0.5, 0.6) is 0 Å². The molecule has 0 saturated heterocycles. The first-order chi connectivity index (χ1) is 10.1. The van der Waals surface area contributed by atoms with Crippen LogP contribution in [0, 0.1) is 13.8 Å². The lowest BCUT2D eigenvalue weighted by Crippen LogP contribution is -2.21. The average Bonchev–Trinajstić information content (AvgIpc) is 3.06. The van der Waals surface area contributed by atoms with Gasteiger partial charge in [0.05, 0.1) is 12.0 Å². The fourth-order valence-electron chi connectivity index (χ4n) is 2.90. The predicted molar refractivity (Wildman–Crippen MR) is 85.3 cm³/mol. The molecule has 0 aromatic carbocycles. The molecular formula is C16H27N5. The second kappa shape index (κ2) is 7.41. The van der Waals surface area contributed by atoms with Crippen molar-refractivity contribution in [3.63, 3.8) is 0 Å². The molecule has 2 aromatic rings. The van der Waals surface area contributed by atoms with Gasteiger partial charge in [0.15, 0.2) is 0 Å². The number of hydrogen-bond donors (Lipinski definition) is 1. The second-order valence-corrected chi connectivity index (χ2v) is 5.58. The minimum absolute atomic E-state index is 0.360. The normalized spacial score (nSPS) is 12.8. The molecule has 1 N–H and O–H groups in total. The molecule has 0 aliphatic rings. The summed E-state index contributed by atoms with van der Waals surface area (Å²) in [6.45, 7) is 11.6. The molecule has 5 nitrogen and oxygen atoms in total. The summed E-state index contributed by atoms with van der Waals surface area (Å²) in [6.07, 6.45) is 8.06. The molecule has 0 aliphatic heterocycles. The van der Waals surface area contributed by atoms with E-state index in [1.54, 1.807) is 0 Å². The van der Waals surface area contributed by atoms with Gasteiger partial charge >= 0.3 is 0 Å². The van der Waals surface area contributed by atoms with Gasteiger partial charge in [0.25, 0.3) is 0 Å². The van der Waals surface area contributed by atoms with E-state index < -0.39 is 0 Å². The van der Waals surface area contributed by atoms with Gasteiger partial charge in [-0.05, 0) is 47.1 Å². The Bertz CT molecular complexity index is 541. The summed E-state index contributed by atoms with van der Waals surface area (Å²) in [5, 5.41) is 8.21. The van der Waals surface area contributed by atoms with E-state index in [9.17, 15) is 0 Å². The molecule has 2 heterocycles. The van der Waals surface area contributed by atoms with Crippen LogP contribution in [-0.4, -0.2) is 25.9 Å². The third kappa shape index (κ3) is 3.94. The highest BCUT2D eigenvalue weighted by Gasteiger charge is 2.16. The Balaban J connectivity index is 1.76. The number of unbranched alkanes of at least 4 members (excludes halogenated alkanes) is 1. The van der Waals surface area contributed by atoms with Crippen molar-refractivity contribution < 1.29 is 0 Å². The Labute approximate surface area is 127 Å². The van der Waals surface area contributed by atoms with Crippen molar-refractivity contribution in [1.82, 2.24) is 24.6 Å². The zero-order valence-electron chi connectivity index (χ0n) is 13.6. The van der Waals surface area contributed by atoms with Gasteiger partial charge in [-0.25, -0.2) is 4.98 Å². The number of nitrogens with zero attached hydrogens (tertiary/aromatic N) is 4. The lowest BCUT2D eigenvalue weighted by molar-refractivity contribution is 0.520. The fraction of sp³-hybridized carbons (Fsp3) is 0.625. The van der Waals surface area contributed by atoms with E-state index >= 15 is 0 Å². The topological polar surface area (TPSA) is 47.7 Å². The first kappa shape index (κ1) is 15.8. The molecule has 0 radical (unpaired) electrons. The number of nitrogens with one attached hydrogen (secondary N) is 1. The van der Waals surface area contributed by atoms with E-state index in [-0.39, 0.29) is 0 Å². The van der Waals surface area contributed by atoms with Crippen LogP contribution in [0.4, 0.5) is 0 Å². The number of imidazole rings is 1. The van der Waals surface area contributed by atoms with Crippen LogP contribution in [0.25, 0.3) is 0 Å². The molecule has 0 bridgehead atoms. The van der Waals surface area contributed by atoms with Gasteiger partial charge in [0, 0.05) is 42.8 Å². The Morgan fingerprint density at radius 2 is 2.10 bits per heavy atom. The van der Waals surface area contributed by atoms with Crippen molar-refractivity contribution in [3.8, 4) is 0 Å². The van der Waals surface area contributed by atoms with Crippen LogP contribution in [0.15, 0.2) is 18.7 Å². The predicted octanol–water partition coefficient (Wildman–Crippen LogP) is 2.85. The SMILES string of the molecule is CCn1nc(C)c(C(C)NCCCCn2ccnc2)c1C. The second-order valence-electron chi connectivity index (χ2n) is 5.58. The highest BCUT2D eigenvalue weighted by atomic mass is 15.3. The van der Waals surface area contributed by atoms with Crippen LogP contribution in [0.1, 0.15) is 49.7 Å². The molecule has 2 rings (SSSR count). The summed E-state index contributed by atoms with van der Waals surface area (Å²) in [7, 11) is 0. The van der Waals surface area contributed by atoms with Crippen molar-refractivity contribution in [1.29, 1.82) is 0 Å². The van der Waals surface area contributed by atoms with Crippen molar-refractivity contribution in [2.45, 2.75) is 59.7 Å². The standard InChI is InChI=1S/C16H27N5/c1-5-21-15(4)16(14(3)19-21)13(2)18-8-6-7-10-20-11-9-17-12-20/h9,11-13,18H,5-8,10H2,1-4H3.